The first-order valence-corrected chi connectivity index (χ1v) is 17.1. The molecule has 2 aromatic carbocycles. The summed E-state index contributed by atoms with van der Waals surface area (Å²) < 4.78 is 12.9. The molecule has 0 aromatic heterocycles. The van der Waals surface area contributed by atoms with E-state index in [0.717, 1.165) is 63.8 Å². The van der Waals surface area contributed by atoms with Crippen LogP contribution in [0.15, 0.2) is 63.4 Å². The fraction of sp³-hybridized carbons (Fsp3) is 0.514. The SMILES string of the molecule is COc1cc(C2C3=C(CC(C)(C)CC3=O)N(C3CCCCC3)C3=C2C(=O)CC(C)(C)C3)cc(Br)c1OCc1cccc(Cl)c1. The lowest BCUT2D eigenvalue weighted by molar-refractivity contribution is -0.119. The standard InChI is InChI=1S/C37H43BrClNO4/c1-36(2)17-27-33(29(41)19-36)32(34-28(18-37(3,4)20-30(34)42)40(27)25-12-7-6-8-13-25)23-15-26(38)35(31(16-23)43-5)44-21-22-10-9-11-24(39)14-22/h9-11,14-16,25,32H,6-8,12-13,17-21H2,1-5H3. The number of allylic oxidation sites excluding steroid dienone is 4. The predicted molar refractivity (Wildman–Crippen MR) is 178 cm³/mol. The van der Waals surface area contributed by atoms with Crippen LogP contribution in [-0.2, 0) is 16.2 Å². The second-order valence-electron chi connectivity index (χ2n) is 14.7. The van der Waals surface area contributed by atoms with Gasteiger partial charge in [0.1, 0.15) is 6.61 Å². The van der Waals surface area contributed by atoms with Crippen molar-refractivity contribution in [3.8, 4) is 11.5 Å². The van der Waals surface area contributed by atoms with E-state index in [-0.39, 0.29) is 22.4 Å². The molecule has 1 saturated carbocycles. The first-order valence-electron chi connectivity index (χ1n) is 15.9. The number of methoxy groups -OCH3 is 1. The Bertz CT molecular complexity index is 1510. The maximum Gasteiger partial charge on any atom is 0.175 e. The molecule has 1 heterocycles. The van der Waals surface area contributed by atoms with Gasteiger partial charge in [0.25, 0.3) is 0 Å². The molecular weight excluding hydrogens is 638 g/mol. The second kappa shape index (κ2) is 12.0. The lowest BCUT2D eigenvalue weighted by Gasteiger charge is -2.52. The van der Waals surface area contributed by atoms with Crippen molar-refractivity contribution in [3.05, 3.63) is 79.6 Å². The zero-order valence-electron chi connectivity index (χ0n) is 26.5. The molecule has 4 aliphatic rings. The number of Topliss-reactive ketones (excluding diaryl/α,β-unsaturated/α-hetero) is 2. The second-order valence-corrected chi connectivity index (χ2v) is 15.9. The highest BCUT2D eigenvalue weighted by molar-refractivity contribution is 9.10. The van der Waals surface area contributed by atoms with Gasteiger partial charge in [-0.1, -0.05) is 70.7 Å². The number of carbonyl (C=O) groups is 2. The number of carbonyl (C=O) groups excluding carboxylic acids is 2. The van der Waals surface area contributed by atoms with Crippen LogP contribution in [0.3, 0.4) is 0 Å². The molecule has 7 heteroatoms. The molecule has 234 valence electrons. The minimum absolute atomic E-state index is 0.143. The summed E-state index contributed by atoms with van der Waals surface area (Å²) >= 11 is 9.96. The summed E-state index contributed by atoms with van der Waals surface area (Å²) in [5.74, 6) is 1.01. The van der Waals surface area contributed by atoms with E-state index in [4.69, 9.17) is 21.1 Å². The van der Waals surface area contributed by atoms with Gasteiger partial charge in [0.05, 0.1) is 11.6 Å². The Kier molecular flexibility index (Phi) is 8.55. The predicted octanol–water partition coefficient (Wildman–Crippen LogP) is 9.71. The van der Waals surface area contributed by atoms with Crippen molar-refractivity contribution in [1.29, 1.82) is 0 Å². The molecule has 0 bridgehead atoms. The number of ether oxygens (including phenoxy) is 2. The molecule has 0 amide bonds. The number of benzene rings is 2. The highest BCUT2D eigenvalue weighted by Gasteiger charge is 2.50. The molecular formula is C37H43BrClNO4. The normalized spacial score (nSPS) is 22.2. The minimum atomic E-state index is -0.431. The number of hydrogen-bond donors (Lipinski definition) is 0. The molecule has 6 rings (SSSR count). The third-order valence-electron chi connectivity index (χ3n) is 9.75. The summed E-state index contributed by atoms with van der Waals surface area (Å²) in [5.41, 5.74) is 5.44. The van der Waals surface area contributed by atoms with Crippen LogP contribution in [0.25, 0.3) is 0 Å². The van der Waals surface area contributed by atoms with Crippen molar-refractivity contribution in [1.82, 2.24) is 4.90 Å². The van der Waals surface area contributed by atoms with E-state index in [2.05, 4.69) is 48.5 Å². The topological polar surface area (TPSA) is 55.8 Å². The Balaban J connectivity index is 1.50. The summed E-state index contributed by atoms with van der Waals surface area (Å²) in [6.07, 6.45) is 8.41. The van der Waals surface area contributed by atoms with Crippen LogP contribution in [0.2, 0.25) is 5.02 Å². The van der Waals surface area contributed by atoms with E-state index in [9.17, 15) is 9.59 Å². The zero-order chi connectivity index (χ0) is 31.4. The van der Waals surface area contributed by atoms with Crippen molar-refractivity contribution < 1.29 is 19.1 Å². The van der Waals surface area contributed by atoms with E-state index in [1.165, 1.54) is 19.3 Å². The molecule has 0 saturated heterocycles. The summed E-state index contributed by atoms with van der Waals surface area (Å²) in [4.78, 5) is 31.0. The molecule has 1 fully saturated rings. The molecule has 3 aliphatic carbocycles. The highest BCUT2D eigenvalue weighted by Crippen LogP contribution is 2.56. The first kappa shape index (κ1) is 31.4. The molecule has 0 N–H and O–H groups in total. The van der Waals surface area contributed by atoms with E-state index in [0.29, 0.717) is 42.0 Å². The molecule has 0 atom stereocenters. The number of halogens is 2. The van der Waals surface area contributed by atoms with Crippen molar-refractivity contribution >= 4 is 39.1 Å². The monoisotopic (exact) mass is 679 g/mol. The van der Waals surface area contributed by atoms with Crippen molar-refractivity contribution in [2.45, 2.75) is 104 Å². The molecule has 5 nitrogen and oxygen atoms in total. The molecule has 2 aromatic rings. The van der Waals surface area contributed by atoms with Crippen LogP contribution < -0.4 is 9.47 Å². The maximum absolute atomic E-state index is 14.3. The molecule has 0 unspecified atom stereocenters. The third-order valence-corrected chi connectivity index (χ3v) is 10.6. The van der Waals surface area contributed by atoms with Gasteiger partial charge in [0.2, 0.25) is 0 Å². The Hall–Kier alpha value is -2.57. The lowest BCUT2D eigenvalue weighted by Crippen LogP contribution is -2.48. The van der Waals surface area contributed by atoms with Crippen LogP contribution in [-0.4, -0.2) is 29.6 Å². The summed E-state index contributed by atoms with van der Waals surface area (Å²) in [5, 5.41) is 0.654. The van der Waals surface area contributed by atoms with Gasteiger partial charge in [-0.3, -0.25) is 9.59 Å². The van der Waals surface area contributed by atoms with Gasteiger partial charge >= 0.3 is 0 Å². The number of hydrogen-bond acceptors (Lipinski definition) is 5. The van der Waals surface area contributed by atoms with Crippen LogP contribution in [0.1, 0.15) is 103 Å². The van der Waals surface area contributed by atoms with Crippen LogP contribution in [0.5, 0.6) is 11.5 Å². The molecule has 0 spiro atoms. The summed E-state index contributed by atoms with van der Waals surface area (Å²) in [6, 6.07) is 11.9. The number of nitrogens with zero attached hydrogens (tertiary/aromatic N) is 1. The highest BCUT2D eigenvalue weighted by atomic mass is 79.9. The largest absolute Gasteiger partial charge is 0.493 e. The lowest BCUT2D eigenvalue weighted by atomic mass is 9.63. The van der Waals surface area contributed by atoms with Crippen molar-refractivity contribution in [2.24, 2.45) is 10.8 Å². The Morgan fingerprint density at radius 1 is 0.886 bits per heavy atom. The Morgan fingerprint density at radius 3 is 2.07 bits per heavy atom. The zero-order valence-corrected chi connectivity index (χ0v) is 28.9. The average Bonchev–Trinajstić information content (AvgIpc) is 2.94. The fourth-order valence-corrected chi connectivity index (χ4v) is 8.73. The average molecular weight is 681 g/mol. The van der Waals surface area contributed by atoms with Gasteiger partial charge in [-0.15, -0.1) is 0 Å². The Morgan fingerprint density at radius 2 is 1.50 bits per heavy atom. The van der Waals surface area contributed by atoms with Crippen molar-refractivity contribution in [2.75, 3.05) is 7.11 Å². The maximum atomic E-state index is 14.3. The Labute approximate surface area is 275 Å². The van der Waals surface area contributed by atoms with E-state index in [1.807, 2.05) is 36.4 Å². The number of rotatable bonds is 6. The van der Waals surface area contributed by atoms with Gasteiger partial charge in [-0.05, 0) is 87.8 Å². The molecule has 1 aliphatic heterocycles. The summed E-state index contributed by atoms with van der Waals surface area (Å²) in [7, 11) is 1.63. The first-order chi connectivity index (χ1) is 20.9. The van der Waals surface area contributed by atoms with E-state index >= 15 is 0 Å². The van der Waals surface area contributed by atoms with E-state index < -0.39 is 5.92 Å². The van der Waals surface area contributed by atoms with Crippen LogP contribution in [0, 0.1) is 10.8 Å². The quantitative estimate of drug-likeness (QED) is 0.304. The smallest absolute Gasteiger partial charge is 0.175 e. The number of ketones is 2. The van der Waals surface area contributed by atoms with Crippen molar-refractivity contribution in [3.63, 3.8) is 0 Å². The van der Waals surface area contributed by atoms with Gasteiger partial charge in [0, 0.05) is 52.4 Å². The molecule has 44 heavy (non-hydrogen) atoms. The minimum Gasteiger partial charge on any atom is -0.493 e. The van der Waals surface area contributed by atoms with Gasteiger partial charge in [0.15, 0.2) is 23.1 Å². The van der Waals surface area contributed by atoms with E-state index in [1.54, 1.807) is 7.11 Å². The fourth-order valence-electron chi connectivity index (χ4n) is 7.94. The molecule has 0 radical (unpaired) electrons. The third kappa shape index (κ3) is 6.01. The van der Waals surface area contributed by atoms with Crippen LogP contribution in [0.4, 0.5) is 0 Å². The van der Waals surface area contributed by atoms with Gasteiger partial charge in [-0.25, -0.2) is 0 Å². The summed E-state index contributed by atoms with van der Waals surface area (Å²) in [6.45, 7) is 9.13. The van der Waals surface area contributed by atoms with Gasteiger partial charge in [-0.2, -0.15) is 0 Å². The van der Waals surface area contributed by atoms with Gasteiger partial charge < -0.3 is 14.4 Å². The van der Waals surface area contributed by atoms with Crippen LogP contribution >= 0.6 is 27.5 Å².